The van der Waals surface area contributed by atoms with Gasteiger partial charge in [0.05, 0.1) is 11.9 Å². The number of rotatable bonds is 2. The number of carbonyl (C=O) groups excluding carboxylic acids is 1. The number of primary amides is 1. The van der Waals surface area contributed by atoms with E-state index >= 15 is 0 Å². The van der Waals surface area contributed by atoms with Gasteiger partial charge in [0.15, 0.2) is 0 Å². The van der Waals surface area contributed by atoms with Crippen LogP contribution >= 0.6 is 11.6 Å². The number of pyridine rings is 1. The minimum absolute atomic E-state index is 0.160. The summed E-state index contributed by atoms with van der Waals surface area (Å²) < 4.78 is 0. The van der Waals surface area contributed by atoms with Crippen molar-refractivity contribution in [2.24, 2.45) is 5.73 Å². The summed E-state index contributed by atoms with van der Waals surface area (Å²) in [5.41, 5.74) is 7.67. The van der Waals surface area contributed by atoms with Crippen molar-refractivity contribution in [3.05, 3.63) is 40.5 Å². The minimum Gasteiger partial charge on any atom is -0.369 e. The topological polar surface area (TPSA) is 56.0 Å². The van der Waals surface area contributed by atoms with Gasteiger partial charge < -0.3 is 5.73 Å². The van der Waals surface area contributed by atoms with Crippen molar-refractivity contribution >= 4 is 28.4 Å². The molecule has 0 bridgehead atoms. The van der Waals surface area contributed by atoms with E-state index in [1.807, 2.05) is 25.1 Å². The first-order chi connectivity index (χ1) is 7.56. The summed E-state index contributed by atoms with van der Waals surface area (Å²) in [5.74, 6) is -0.383. The summed E-state index contributed by atoms with van der Waals surface area (Å²) in [6, 6.07) is 7.41. The largest absolute Gasteiger partial charge is 0.369 e. The second kappa shape index (κ2) is 4.10. The third-order valence-corrected chi connectivity index (χ3v) is 2.56. The molecule has 2 N–H and O–H groups in total. The highest BCUT2D eigenvalue weighted by molar-refractivity contribution is 6.31. The van der Waals surface area contributed by atoms with Crippen molar-refractivity contribution in [1.82, 2.24) is 4.98 Å². The van der Waals surface area contributed by atoms with Crippen molar-refractivity contribution in [2.45, 2.75) is 13.3 Å². The molecule has 2 rings (SSSR count). The monoisotopic (exact) mass is 234 g/mol. The molecule has 0 atom stereocenters. The number of aryl methyl sites for hydroxylation is 1. The molecule has 1 heterocycles. The van der Waals surface area contributed by atoms with Gasteiger partial charge in [-0.1, -0.05) is 17.7 Å². The first-order valence-electron chi connectivity index (χ1n) is 4.90. The number of benzene rings is 1. The van der Waals surface area contributed by atoms with Gasteiger partial charge in [-0.3, -0.25) is 9.78 Å². The zero-order valence-corrected chi connectivity index (χ0v) is 9.58. The van der Waals surface area contributed by atoms with E-state index in [4.69, 9.17) is 17.3 Å². The van der Waals surface area contributed by atoms with Crippen molar-refractivity contribution in [3.63, 3.8) is 0 Å². The molecule has 4 heteroatoms. The lowest BCUT2D eigenvalue weighted by atomic mass is 10.1. The lowest BCUT2D eigenvalue weighted by Gasteiger charge is -2.06. The van der Waals surface area contributed by atoms with Crippen LogP contribution in [0.15, 0.2) is 24.3 Å². The number of nitrogens with two attached hydrogens (primary N) is 1. The van der Waals surface area contributed by atoms with Crippen LogP contribution in [0.25, 0.3) is 10.9 Å². The van der Waals surface area contributed by atoms with E-state index in [-0.39, 0.29) is 12.3 Å². The minimum atomic E-state index is -0.383. The number of halogens is 1. The quantitative estimate of drug-likeness (QED) is 0.866. The molecule has 2 aromatic rings. The van der Waals surface area contributed by atoms with E-state index in [0.29, 0.717) is 5.02 Å². The van der Waals surface area contributed by atoms with E-state index < -0.39 is 0 Å². The summed E-state index contributed by atoms with van der Waals surface area (Å²) in [6.07, 6.45) is 0.160. The predicted molar refractivity (Wildman–Crippen MR) is 64.4 cm³/mol. The Hall–Kier alpha value is -1.61. The molecule has 0 aliphatic carbocycles. The Balaban J connectivity index is 2.69. The third-order valence-electron chi connectivity index (χ3n) is 2.34. The van der Waals surface area contributed by atoms with E-state index in [0.717, 1.165) is 22.2 Å². The molecule has 1 aromatic carbocycles. The number of carbonyl (C=O) groups is 1. The average molecular weight is 235 g/mol. The number of hydrogen-bond acceptors (Lipinski definition) is 2. The molecule has 0 aliphatic rings. The van der Waals surface area contributed by atoms with Crippen LogP contribution in [0.1, 0.15) is 11.3 Å². The van der Waals surface area contributed by atoms with Crippen LogP contribution in [-0.2, 0) is 11.2 Å². The lowest BCUT2D eigenvalue weighted by Crippen LogP contribution is -2.14. The molecule has 0 fully saturated rings. The van der Waals surface area contributed by atoms with Crippen molar-refractivity contribution in [2.75, 3.05) is 0 Å². The molecular weight excluding hydrogens is 224 g/mol. The molecule has 0 aliphatic heterocycles. The molecule has 1 aromatic heterocycles. The van der Waals surface area contributed by atoms with Crippen molar-refractivity contribution in [3.8, 4) is 0 Å². The predicted octanol–water partition coefficient (Wildman–Crippen LogP) is 2.22. The van der Waals surface area contributed by atoms with Gasteiger partial charge in [0, 0.05) is 16.1 Å². The average Bonchev–Trinajstić information content (AvgIpc) is 2.18. The van der Waals surface area contributed by atoms with Gasteiger partial charge in [-0.25, -0.2) is 0 Å². The van der Waals surface area contributed by atoms with Crippen LogP contribution in [0.3, 0.4) is 0 Å². The summed E-state index contributed by atoms with van der Waals surface area (Å²) in [7, 11) is 0. The fourth-order valence-electron chi connectivity index (χ4n) is 1.69. The van der Waals surface area contributed by atoms with Gasteiger partial charge in [-0.05, 0) is 30.7 Å². The zero-order valence-electron chi connectivity index (χ0n) is 8.83. The van der Waals surface area contributed by atoms with E-state index in [9.17, 15) is 4.79 Å². The highest BCUT2D eigenvalue weighted by Crippen LogP contribution is 2.23. The standard InChI is InChI=1S/C12H11ClN2O/c1-7-2-3-8-4-10(13)5-9(6-11(14)16)12(8)15-7/h2-5H,6H2,1H3,(H2,14,16). The molecule has 0 saturated heterocycles. The zero-order chi connectivity index (χ0) is 11.7. The molecule has 1 amide bonds. The van der Waals surface area contributed by atoms with Gasteiger partial charge in [-0.15, -0.1) is 0 Å². The fraction of sp³-hybridized carbons (Fsp3) is 0.167. The van der Waals surface area contributed by atoms with E-state index in [1.165, 1.54) is 0 Å². The Bertz CT molecular complexity index is 566. The van der Waals surface area contributed by atoms with Crippen LogP contribution in [0.5, 0.6) is 0 Å². The number of fused-ring (bicyclic) bond motifs is 1. The smallest absolute Gasteiger partial charge is 0.221 e. The first-order valence-corrected chi connectivity index (χ1v) is 5.28. The number of amides is 1. The summed E-state index contributed by atoms with van der Waals surface area (Å²) in [4.78, 5) is 15.4. The van der Waals surface area contributed by atoms with Crippen LogP contribution in [0.2, 0.25) is 5.02 Å². The Morgan fingerprint density at radius 1 is 1.44 bits per heavy atom. The Morgan fingerprint density at radius 3 is 2.88 bits per heavy atom. The maximum atomic E-state index is 11.0. The lowest BCUT2D eigenvalue weighted by molar-refractivity contribution is -0.117. The van der Waals surface area contributed by atoms with Crippen LogP contribution < -0.4 is 5.73 Å². The molecular formula is C12H11ClN2O. The van der Waals surface area contributed by atoms with Gasteiger partial charge >= 0.3 is 0 Å². The van der Waals surface area contributed by atoms with E-state index in [2.05, 4.69) is 4.98 Å². The van der Waals surface area contributed by atoms with E-state index in [1.54, 1.807) is 6.07 Å². The molecule has 0 radical (unpaired) electrons. The van der Waals surface area contributed by atoms with Crippen molar-refractivity contribution in [1.29, 1.82) is 0 Å². The van der Waals surface area contributed by atoms with Gasteiger partial charge in [0.2, 0.25) is 5.91 Å². The molecule has 16 heavy (non-hydrogen) atoms. The second-order valence-electron chi connectivity index (χ2n) is 3.73. The summed E-state index contributed by atoms with van der Waals surface area (Å²) >= 11 is 5.97. The molecule has 0 saturated carbocycles. The van der Waals surface area contributed by atoms with Crippen LogP contribution in [-0.4, -0.2) is 10.9 Å². The maximum Gasteiger partial charge on any atom is 0.221 e. The maximum absolute atomic E-state index is 11.0. The SMILES string of the molecule is Cc1ccc2cc(Cl)cc(CC(N)=O)c2n1. The number of aromatic nitrogens is 1. The van der Waals surface area contributed by atoms with Crippen LogP contribution in [0, 0.1) is 6.92 Å². The fourth-order valence-corrected chi connectivity index (χ4v) is 1.94. The number of nitrogens with zero attached hydrogens (tertiary/aromatic N) is 1. The normalized spacial score (nSPS) is 10.6. The van der Waals surface area contributed by atoms with Gasteiger partial charge in [-0.2, -0.15) is 0 Å². The molecule has 82 valence electrons. The molecule has 3 nitrogen and oxygen atoms in total. The summed E-state index contributed by atoms with van der Waals surface area (Å²) in [6.45, 7) is 1.90. The Morgan fingerprint density at radius 2 is 2.19 bits per heavy atom. The highest BCUT2D eigenvalue weighted by Gasteiger charge is 2.07. The van der Waals surface area contributed by atoms with Gasteiger partial charge in [0.1, 0.15) is 0 Å². The first kappa shape index (κ1) is 10.9. The van der Waals surface area contributed by atoms with Crippen molar-refractivity contribution < 1.29 is 4.79 Å². The molecule has 0 spiro atoms. The summed E-state index contributed by atoms with van der Waals surface area (Å²) in [5, 5.41) is 1.52. The Labute approximate surface area is 98.2 Å². The Kier molecular flexibility index (Phi) is 2.79. The number of hydrogen-bond donors (Lipinski definition) is 1. The highest BCUT2D eigenvalue weighted by atomic mass is 35.5. The second-order valence-corrected chi connectivity index (χ2v) is 4.17. The molecule has 0 unspecified atom stereocenters. The van der Waals surface area contributed by atoms with Crippen LogP contribution in [0.4, 0.5) is 0 Å². The van der Waals surface area contributed by atoms with Gasteiger partial charge in [0.25, 0.3) is 0 Å². The third kappa shape index (κ3) is 2.14.